The molecule has 0 radical (unpaired) electrons. The summed E-state index contributed by atoms with van der Waals surface area (Å²) < 4.78 is 0. The lowest BCUT2D eigenvalue weighted by molar-refractivity contribution is -0.116. The average Bonchev–Trinajstić information content (AvgIpc) is 2.42. The van der Waals surface area contributed by atoms with Gasteiger partial charge < -0.3 is 11.1 Å². The number of nitrogens with zero attached hydrogens (tertiary/aromatic N) is 1. The molecule has 4 nitrogen and oxygen atoms in total. The quantitative estimate of drug-likeness (QED) is 0.896. The third kappa shape index (κ3) is 3.82. The first-order chi connectivity index (χ1) is 9.54. The normalized spacial score (nSPS) is 10.3. The summed E-state index contributed by atoms with van der Waals surface area (Å²) in [5, 5.41) is 2.79. The van der Waals surface area contributed by atoms with E-state index in [-0.39, 0.29) is 5.91 Å². The van der Waals surface area contributed by atoms with Crippen LogP contribution in [0.5, 0.6) is 0 Å². The van der Waals surface area contributed by atoms with Crippen molar-refractivity contribution in [2.24, 2.45) is 0 Å². The van der Waals surface area contributed by atoms with E-state index in [2.05, 4.69) is 22.4 Å². The van der Waals surface area contributed by atoms with Gasteiger partial charge in [0.25, 0.3) is 0 Å². The van der Waals surface area contributed by atoms with Crippen LogP contribution in [0.2, 0.25) is 0 Å². The lowest BCUT2D eigenvalue weighted by Gasteiger charge is -2.07. The highest BCUT2D eigenvalue weighted by atomic mass is 16.1. The van der Waals surface area contributed by atoms with Crippen LogP contribution in [0.25, 0.3) is 0 Å². The van der Waals surface area contributed by atoms with Crippen LogP contribution in [0.1, 0.15) is 23.2 Å². The standard InChI is InChI=1S/C16H19N3O/c1-11-3-5-13(6-4-11)7-10-16(20)19-15-9-8-14(17)12(2)18-15/h3-6,8-9H,7,10,17H2,1-2H3,(H,18,19,20). The van der Waals surface area contributed by atoms with Crippen molar-refractivity contribution in [1.82, 2.24) is 4.98 Å². The smallest absolute Gasteiger partial charge is 0.225 e. The van der Waals surface area contributed by atoms with Crippen LogP contribution >= 0.6 is 0 Å². The second-order valence-corrected chi connectivity index (χ2v) is 4.90. The lowest BCUT2D eigenvalue weighted by atomic mass is 10.1. The minimum Gasteiger partial charge on any atom is -0.397 e. The molecule has 20 heavy (non-hydrogen) atoms. The van der Waals surface area contributed by atoms with Gasteiger partial charge in [-0.2, -0.15) is 0 Å². The molecule has 1 heterocycles. The van der Waals surface area contributed by atoms with Gasteiger partial charge in [0.1, 0.15) is 5.82 Å². The van der Waals surface area contributed by atoms with Gasteiger partial charge in [-0.3, -0.25) is 4.79 Å². The summed E-state index contributed by atoms with van der Waals surface area (Å²) in [7, 11) is 0. The maximum atomic E-state index is 11.9. The Labute approximate surface area is 119 Å². The number of anilines is 2. The Bertz CT molecular complexity index is 606. The number of benzene rings is 1. The van der Waals surface area contributed by atoms with E-state index >= 15 is 0 Å². The van der Waals surface area contributed by atoms with E-state index in [9.17, 15) is 4.79 Å². The minimum absolute atomic E-state index is 0.0396. The summed E-state index contributed by atoms with van der Waals surface area (Å²) in [6, 6.07) is 11.7. The molecule has 104 valence electrons. The molecule has 1 aromatic heterocycles. The summed E-state index contributed by atoms with van der Waals surface area (Å²) in [5.74, 6) is 0.507. The van der Waals surface area contributed by atoms with Crippen molar-refractivity contribution in [3.63, 3.8) is 0 Å². The molecule has 4 heteroatoms. The molecule has 0 atom stereocenters. The number of nitrogens with one attached hydrogen (secondary N) is 1. The second kappa shape index (κ2) is 6.19. The second-order valence-electron chi connectivity index (χ2n) is 4.90. The predicted octanol–water partition coefficient (Wildman–Crippen LogP) is 2.85. The van der Waals surface area contributed by atoms with E-state index in [0.29, 0.717) is 17.9 Å². The molecule has 0 aliphatic rings. The maximum absolute atomic E-state index is 11.9. The number of aromatic nitrogens is 1. The molecule has 1 aromatic carbocycles. The third-order valence-electron chi connectivity index (χ3n) is 3.16. The van der Waals surface area contributed by atoms with Crippen molar-refractivity contribution in [3.8, 4) is 0 Å². The van der Waals surface area contributed by atoms with Crippen LogP contribution < -0.4 is 11.1 Å². The van der Waals surface area contributed by atoms with Crippen molar-refractivity contribution in [2.75, 3.05) is 11.1 Å². The van der Waals surface area contributed by atoms with Gasteiger partial charge in [0.05, 0.1) is 11.4 Å². The molecule has 3 N–H and O–H groups in total. The number of carbonyl (C=O) groups excluding carboxylic acids is 1. The average molecular weight is 269 g/mol. The summed E-state index contributed by atoms with van der Waals surface area (Å²) in [5.41, 5.74) is 9.42. The van der Waals surface area contributed by atoms with Gasteiger partial charge in [0.2, 0.25) is 5.91 Å². The minimum atomic E-state index is -0.0396. The highest BCUT2D eigenvalue weighted by Gasteiger charge is 2.05. The van der Waals surface area contributed by atoms with E-state index in [1.54, 1.807) is 12.1 Å². The largest absolute Gasteiger partial charge is 0.397 e. The van der Waals surface area contributed by atoms with E-state index in [0.717, 1.165) is 17.7 Å². The fraction of sp³-hybridized carbons (Fsp3) is 0.250. The van der Waals surface area contributed by atoms with Crippen LogP contribution in [-0.4, -0.2) is 10.9 Å². The van der Waals surface area contributed by atoms with Crippen LogP contribution in [0.15, 0.2) is 36.4 Å². The molecule has 0 aliphatic heterocycles. The Hall–Kier alpha value is -2.36. The molecule has 0 saturated heterocycles. The van der Waals surface area contributed by atoms with E-state index in [1.165, 1.54) is 5.56 Å². The van der Waals surface area contributed by atoms with Crippen LogP contribution in [0.4, 0.5) is 11.5 Å². The Balaban J connectivity index is 1.89. The summed E-state index contributed by atoms with van der Waals surface area (Å²) in [6.07, 6.45) is 1.16. The van der Waals surface area contributed by atoms with Crippen LogP contribution in [0.3, 0.4) is 0 Å². The molecular weight excluding hydrogens is 250 g/mol. The number of rotatable bonds is 4. The number of nitrogen functional groups attached to an aromatic ring is 1. The SMILES string of the molecule is Cc1ccc(CCC(=O)Nc2ccc(N)c(C)n2)cc1. The van der Waals surface area contributed by atoms with E-state index in [1.807, 2.05) is 26.0 Å². The molecule has 1 amide bonds. The van der Waals surface area contributed by atoms with Gasteiger partial charge in [0.15, 0.2) is 0 Å². The van der Waals surface area contributed by atoms with Crippen LogP contribution in [0, 0.1) is 13.8 Å². The highest BCUT2D eigenvalue weighted by Crippen LogP contribution is 2.12. The molecule has 0 aliphatic carbocycles. The Morgan fingerprint density at radius 2 is 1.85 bits per heavy atom. The number of nitrogens with two attached hydrogens (primary N) is 1. The van der Waals surface area contributed by atoms with Crippen LogP contribution in [-0.2, 0) is 11.2 Å². The monoisotopic (exact) mass is 269 g/mol. The van der Waals surface area contributed by atoms with Crippen molar-refractivity contribution in [1.29, 1.82) is 0 Å². The molecule has 2 aromatic rings. The lowest BCUT2D eigenvalue weighted by Crippen LogP contribution is -2.14. The number of pyridine rings is 1. The molecule has 2 rings (SSSR count). The van der Waals surface area contributed by atoms with Crippen molar-refractivity contribution in [3.05, 3.63) is 53.2 Å². The van der Waals surface area contributed by atoms with Crippen molar-refractivity contribution < 1.29 is 4.79 Å². The first-order valence-electron chi connectivity index (χ1n) is 6.63. The number of amides is 1. The Kier molecular flexibility index (Phi) is 4.35. The van der Waals surface area contributed by atoms with E-state index in [4.69, 9.17) is 5.73 Å². The zero-order valence-corrected chi connectivity index (χ0v) is 11.8. The molecule has 0 spiro atoms. The third-order valence-corrected chi connectivity index (χ3v) is 3.16. The number of hydrogen-bond acceptors (Lipinski definition) is 3. The summed E-state index contributed by atoms with van der Waals surface area (Å²) in [4.78, 5) is 16.1. The number of carbonyl (C=O) groups is 1. The van der Waals surface area contributed by atoms with E-state index < -0.39 is 0 Å². The summed E-state index contributed by atoms with van der Waals surface area (Å²) >= 11 is 0. The van der Waals surface area contributed by atoms with Gasteiger partial charge in [-0.15, -0.1) is 0 Å². The Morgan fingerprint density at radius 3 is 2.50 bits per heavy atom. The molecule has 0 fully saturated rings. The van der Waals surface area contributed by atoms with Gasteiger partial charge in [-0.25, -0.2) is 4.98 Å². The fourth-order valence-electron chi connectivity index (χ4n) is 1.86. The first-order valence-corrected chi connectivity index (χ1v) is 6.63. The highest BCUT2D eigenvalue weighted by molar-refractivity contribution is 5.90. The topological polar surface area (TPSA) is 68.0 Å². The molecular formula is C16H19N3O. The first kappa shape index (κ1) is 14.1. The molecule has 0 unspecified atom stereocenters. The summed E-state index contributed by atoms with van der Waals surface area (Å²) in [6.45, 7) is 3.86. The van der Waals surface area contributed by atoms with Gasteiger partial charge in [-0.05, 0) is 38.0 Å². The van der Waals surface area contributed by atoms with Gasteiger partial charge >= 0.3 is 0 Å². The molecule has 0 bridgehead atoms. The predicted molar refractivity (Wildman–Crippen MR) is 81.5 cm³/mol. The number of aryl methyl sites for hydroxylation is 3. The van der Waals surface area contributed by atoms with Gasteiger partial charge in [0, 0.05) is 6.42 Å². The molecule has 0 saturated carbocycles. The zero-order valence-electron chi connectivity index (χ0n) is 11.8. The van der Waals surface area contributed by atoms with Crippen molar-refractivity contribution >= 4 is 17.4 Å². The zero-order chi connectivity index (χ0) is 14.5. The maximum Gasteiger partial charge on any atom is 0.225 e. The Morgan fingerprint density at radius 1 is 1.15 bits per heavy atom. The van der Waals surface area contributed by atoms with Gasteiger partial charge in [-0.1, -0.05) is 29.8 Å². The number of hydrogen-bond donors (Lipinski definition) is 2. The fourth-order valence-corrected chi connectivity index (χ4v) is 1.86. The van der Waals surface area contributed by atoms with Crippen molar-refractivity contribution in [2.45, 2.75) is 26.7 Å².